The molecule has 1 heterocycles. The monoisotopic (exact) mass is 390 g/mol. The molecular formula is C21H24F2N2O3. The summed E-state index contributed by atoms with van der Waals surface area (Å²) in [5.41, 5.74) is 1.16. The van der Waals surface area contributed by atoms with Crippen LogP contribution in [0.1, 0.15) is 28.3 Å². The first-order chi connectivity index (χ1) is 13.6. The number of rotatable bonds is 7. The summed E-state index contributed by atoms with van der Waals surface area (Å²) >= 11 is 0. The third kappa shape index (κ3) is 5.05. The largest absolute Gasteiger partial charge is 0.491 e. The van der Waals surface area contributed by atoms with Gasteiger partial charge in [-0.05, 0) is 48.9 Å². The van der Waals surface area contributed by atoms with E-state index in [-0.39, 0.29) is 17.9 Å². The van der Waals surface area contributed by atoms with Crippen LogP contribution in [-0.4, -0.2) is 45.4 Å². The molecule has 0 aliphatic carbocycles. The Hall–Kier alpha value is -2.51. The number of amides is 1. The first kappa shape index (κ1) is 20.2. The highest BCUT2D eigenvalue weighted by Crippen LogP contribution is 2.27. The highest BCUT2D eigenvalue weighted by atomic mass is 19.2. The van der Waals surface area contributed by atoms with Gasteiger partial charge in [0.05, 0.1) is 6.61 Å². The van der Waals surface area contributed by atoms with Gasteiger partial charge in [-0.3, -0.25) is 4.79 Å². The maximum absolute atomic E-state index is 13.7. The Bertz CT molecular complexity index is 816. The topological polar surface area (TPSA) is 59.6 Å². The molecule has 2 unspecified atom stereocenters. The first-order valence-electron chi connectivity index (χ1n) is 9.27. The second-order valence-corrected chi connectivity index (χ2v) is 6.72. The minimum absolute atomic E-state index is 0.0959. The molecule has 0 radical (unpaired) electrons. The van der Waals surface area contributed by atoms with E-state index in [2.05, 4.69) is 10.6 Å². The van der Waals surface area contributed by atoms with Gasteiger partial charge in [0.15, 0.2) is 11.6 Å². The second kappa shape index (κ2) is 9.61. The average Bonchev–Trinajstić information content (AvgIpc) is 2.71. The average molecular weight is 390 g/mol. The minimum atomic E-state index is -0.873. The summed E-state index contributed by atoms with van der Waals surface area (Å²) in [5, 5.41) is 6.26. The molecule has 1 saturated heterocycles. The molecule has 7 heteroatoms. The Labute approximate surface area is 163 Å². The van der Waals surface area contributed by atoms with E-state index in [1.807, 2.05) is 0 Å². The van der Waals surface area contributed by atoms with Crippen LogP contribution < -0.4 is 15.4 Å². The fourth-order valence-corrected chi connectivity index (χ4v) is 3.37. The van der Waals surface area contributed by atoms with Crippen LogP contribution in [0.4, 0.5) is 8.78 Å². The Morgan fingerprint density at radius 2 is 2.04 bits per heavy atom. The lowest BCUT2D eigenvalue weighted by Crippen LogP contribution is -2.50. The van der Waals surface area contributed by atoms with Gasteiger partial charge in [0.25, 0.3) is 5.91 Å². The number of halogens is 2. The summed E-state index contributed by atoms with van der Waals surface area (Å²) in [7, 11) is 1.59. The Morgan fingerprint density at radius 1 is 1.18 bits per heavy atom. The molecule has 1 aliphatic rings. The van der Waals surface area contributed by atoms with Gasteiger partial charge in [0.1, 0.15) is 12.4 Å². The third-order valence-electron chi connectivity index (χ3n) is 4.82. The van der Waals surface area contributed by atoms with E-state index in [4.69, 9.17) is 9.47 Å². The zero-order valence-electron chi connectivity index (χ0n) is 15.7. The summed E-state index contributed by atoms with van der Waals surface area (Å²) < 4.78 is 37.4. The van der Waals surface area contributed by atoms with Crippen LogP contribution in [0.15, 0.2) is 42.5 Å². The molecule has 0 bridgehead atoms. The van der Waals surface area contributed by atoms with Gasteiger partial charge in [0.2, 0.25) is 0 Å². The minimum Gasteiger partial charge on any atom is -0.491 e. The fraction of sp³-hybridized carbons (Fsp3) is 0.381. The number of piperidine rings is 1. The van der Waals surface area contributed by atoms with Crippen molar-refractivity contribution >= 4 is 5.91 Å². The van der Waals surface area contributed by atoms with Crippen LogP contribution in [0.25, 0.3) is 0 Å². The van der Waals surface area contributed by atoms with Crippen LogP contribution in [0, 0.1) is 11.6 Å². The van der Waals surface area contributed by atoms with Crippen LogP contribution in [0.2, 0.25) is 0 Å². The lowest BCUT2D eigenvalue weighted by atomic mass is 9.85. The van der Waals surface area contributed by atoms with Crippen molar-refractivity contribution in [1.82, 2.24) is 10.6 Å². The molecule has 150 valence electrons. The van der Waals surface area contributed by atoms with E-state index < -0.39 is 11.6 Å². The SMILES string of the molecule is COCCOc1cccc(C(=O)NC2CNCCC2c2ccc(F)c(F)c2)c1. The molecule has 1 fully saturated rings. The molecule has 0 aromatic heterocycles. The third-order valence-corrected chi connectivity index (χ3v) is 4.82. The molecule has 0 spiro atoms. The molecule has 3 rings (SSSR count). The fourth-order valence-electron chi connectivity index (χ4n) is 3.37. The van der Waals surface area contributed by atoms with Gasteiger partial charge in [-0.15, -0.1) is 0 Å². The second-order valence-electron chi connectivity index (χ2n) is 6.72. The number of benzene rings is 2. The molecule has 1 amide bonds. The Balaban J connectivity index is 1.70. The van der Waals surface area contributed by atoms with E-state index >= 15 is 0 Å². The lowest BCUT2D eigenvalue weighted by Gasteiger charge is -2.33. The van der Waals surface area contributed by atoms with Gasteiger partial charge in [-0.25, -0.2) is 8.78 Å². The first-order valence-corrected chi connectivity index (χ1v) is 9.27. The standard InChI is InChI=1S/C21H24F2N2O3/c1-27-9-10-28-16-4-2-3-15(11-16)21(26)25-20-13-24-8-7-17(20)14-5-6-18(22)19(23)12-14/h2-6,11-12,17,20,24H,7-10,13H2,1H3,(H,25,26). The van der Waals surface area contributed by atoms with E-state index in [1.54, 1.807) is 37.4 Å². The van der Waals surface area contributed by atoms with Crippen molar-refractivity contribution in [1.29, 1.82) is 0 Å². The van der Waals surface area contributed by atoms with Gasteiger partial charge < -0.3 is 20.1 Å². The van der Waals surface area contributed by atoms with E-state index in [0.717, 1.165) is 19.0 Å². The maximum atomic E-state index is 13.7. The molecule has 28 heavy (non-hydrogen) atoms. The molecule has 2 N–H and O–H groups in total. The van der Waals surface area contributed by atoms with Crippen LogP contribution >= 0.6 is 0 Å². The summed E-state index contributed by atoms with van der Waals surface area (Å²) in [6, 6.07) is 10.6. The number of ether oxygens (including phenoxy) is 2. The number of carbonyl (C=O) groups is 1. The number of methoxy groups -OCH3 is 1. The summed E-state index contributed by atoms with van der Waals surface area (Å²) in [6.45, 7) is 2.16. The quantitative estimate of drug-likeness (QED) is 0.714. The van der Waals surface area contributed by atoms with E-state index in [1.165, 1.54) is 6.07 Å². The molecule has 2 atom stereocenters. The molecule has 1 aliphatic heterocycles. The number of hydrogen-bond donors (Lipinski definition) is 2. The molecule has 5 nitrogen and oxygen atoms in total. The molecular weight excluding hydrogens is 366 g/mol. The summed E-state index contributed by atoms with van der Waals surface area (Å²) in [5.74, 6) is -1.49. The summed E-state index contributed by atoms with van der Waals surface area (Å²) in [6.07, 6.45) is 0.718. The van der Waals surface area contributed by atoms with Gasteiger partial charge in [-0.2, -0.15) is 0 Å². The zero-order valence-corrected chi connectivity index (χ0v) is 15.7. The van der Waals surface area contributed by atoms with Crippen molar-refractivity contribution in [2.75, 3.05) is 33.4 Å². The Morgan fingerprint density at radius 3 is 2.82 bits per heavy atom. The normalized spacial score (nSPS) is 19.2. The number of carbonyl (C=O) groups excluding carboxylic acids is 1. The van der Waals surface area contributed by atoms with Crippen molar-refractivity contribution in [3.63, 3.8) is 0 Å². The van der Waals surface area contributed by atoms with Crippen molar-refractivity contribution in [2.24, 2.45) is 0 Å². The number of hydrogen-bond acceptors (Lipinski definition) is 4. The van der Waals surface area contributed by atoms with Crippen molar-refractivity contribution < 1.29 is 23.0 Å². The van der Waals surface area contributed by atoms with Crippen molar-refractivity contribution in [3.05, 3.63) is 65.2 Å². The van der Waals surface area contributed by atoms with Crippen molar-refractivity contribution in [3.8, 4) is 5.75 Å². The molecule has 2 aromatic carbocycles. The highest BCUT2D eigenvalue weighted by molar-refractivity contribution is 5.94. The van der Waals surface area contributed by atoms with E-state index in [9.17, 15) is 13.6 Å². The zero-order chi connectivity index (χ0) is 19.9. The van der Waals surface area contributed by atoms with Gasteiger partial charge in [0, 0.05) is 31.2 Å². The predicted molar refractivity (Wildman–Crippen MR) is 102 cm³/mol. The molecule has 2 aromatic rings. The predicted octanol–water partition coefficient (Wildman–Crippen LogP) is 2.87. The van der Waals surface area contributed by atoms with Gasteiger partial charge >= 0.3 is 0 Å². The molecule has 0 saturated carbocycles. The highest BCUT2D eigenvalue weighted by Gasteiger charge is 2.28. The lowest BCUT2D eigenvalue weighted by molar-refractivity contribution is 0.0923. The Kier molecular flexibility index (Phi) is 6.95. The summed E-state index contributed by atoms with van der Waals surface area (Å²) in [4.78, 5) is 12.7. The number of nitrogens with one attached hydrogen (secondary N) is 2. The van der Waals surface area contributed by atoms with Crippen LogP contribution in [0.5, 0.6) is 5.75 Å². The van der Waals surface area contributed by atoms with Crippen LogP contribution in [0.3, 0.4) is 0 Å². The van der Waals surface area contributed by atoms with E-state index in [0.29, 0.717) is 36.6 Å². The van der Waals surface area contributed by atoms with Crippen LogP contribution in [-0.2, 0) is 4.74 Å². The smallest absolute Gasteiger partial charge is 0.251 e. The van der Waals surface area contributed by atoms with Gasteiger partial charge in [-0.1, -0.05) is 12.1 Å². The maximum Gasteiger partial charge on any atom is 0.251 e. The van der Waals surface area contributed by atoms with Crippen molar-refractivity contribution in [2.45, 2.75) is 18.4 Å².